The molecule has 0 radical (unpaired) electrons. The first-order valence-corrected chi connectivity index (χ1v) is 10.5. The van der Waals surface area contributed by atoms with Gasteiger partial charge in [-0.1, -0.05) is 24.3 Å². The summed E-state index contributed by atoms with van der Waals surface area (Å²) in [5, 5.41) is 0. The zero-order valence-corrected chi connectivity index (χ0v) is 16.1. The second kappa shape index (κ2) is 7.03. The Hall–Kier alpha value is -0.730. The van der Waals surface area contributed by atoms with Crippen LogP contribution in [0.5, 0.6) is 0 Å². The molecule has 23 heavy (non-hydrogen) atoms. The summed E-state index contributed by atoms with van der Waals surface area (Å²) in [7, 11) is -3.35. The van der Waals surface area contributed by atoms with Gasteiger partial charge >= 0.3 is 0 Å². The van der Waals surface area contributed by atoms with E-state index >= 15 is 0 Å². The predicted octanol–water partition coefficient (Wildman–Crippen LogP) is 3.33. The van der Waals surface area contributed by atoms with Crippen molar-refractivity contribution in [3.8, 4) is 0 Å². The van der Waals surface area contributed by atoms with E-state index in [1.165, 1.54) is 22.5 Å². The molecule has 0 unspecified atom stereocenters. The van der Waals surface area contributed by atoms with E-state index in [1.54, 1.807) is 16.4 Å². The Balaban J connectivity index is 1.63. The monoisotopic (exact) mass is 414 g/mol. The maximum absolute atomic E-state index is 12.6. The number of hydrogen-bond donors (Lipinski definition) is 0. The van der Waals surface area contributed by atoms with Crippen LogP contribution in [0.15, 0.2) is 44.4 Å². The fraction of sp³-hybridized carbons (Fsp3) is 0.375. The minimum atomic E-state index is -3.35. The van der Waals surface area contributed by atoms with Gasteiger partial charge in [-0.3, -0.25) is 4.90 Å². The maximum Gasteiger partial charge on any atom is 0.252 e. The second-order valence-corrected chi connectivity index (χ2v) is 10.3. The van der Waals surface area contributed by atoms with Crippen molar-refractivity contribution in [3.05, 3.63) is 51.3 Å². The lowest BCUT2D eigenvalue weighted by molar-refractivity contribution is 0.181. The molecule has 0 aliphatic carbocycles. The number of thiophene rings is 1. The number of aryl methyl sites for hydroxylation is 1. The van der Waals surface area contributed by atoms with Crippen molar-refractivity contribution in [1.82, 2.24) is 9.21 Å². The number of piperazine rings is 1. The van der Waals surface area contributed by atoms with Gasteiger partial charge in [-0.25, -0.2) is 8.42 Å². The lowest BCUT2D eigenvalue weighted by atomic mass is 10.1. The highest BCUT2D eigenvalue weighted by Crippen LogP contribution is 2.29. The fourth-order valence-electron chi connectivity index (χ4n) is 2.72. The molecule has 2 aromatic rings. The van der Waals surface area contributed by atoms with Crippen LogP contribution < -0.4 is 0 Å². The largest absolute Gasteiger partial charge is 0.296 e. The quantitative estimate of drug-likeness (QED) is 0.769. The lowest BCUT2D eigenvalue weighted by Crippen LogP contribution is -2.48. The van der Waals surface area contributed by atoms with E-state index in [2.05, 4.69) is 46.0 Å². The minimum Gasteiger partial charge on any atom is -0.296 e. The molecule has 1 aliphatic rings. The Bertz CT molecular complexity index is 781. The molecule has 0 amide bonds. The van der Waals surface area contributed by atoms with Gasteiger partial charge in [0.15, 0.2) is 0 Å². The molecule has 1 saturated heterocycles. The van der Waals surface area contributed by atoms with Crippen LogP contribution in [0.1, 0.15) is 11.1 Å². The van der Waals surface area contributed by atoms with Crippen LogP contribution in [0.2, 0.25) is 0 Å². The van der Waals surface area contributed by atoms with Gasteiger partial charge in [0.25, 0.3) is 10.0 Å². The molecule has 0 spiro atoms. The molecule has 0 N–H and O–H groups in total. The van der Waals surface area contributed by atoms with E-state index in [-0.39, 0.29) is 0 Å². The predicted molar refractivity (Wildman–Crippen MR) is 97.2 cm³/mol. The van der Waals surface area contributed by atoms with E-state index in [0.717, 1.165) is 23.4 Å². The van der Waals surface area contributed by atoms with Crippen LogP contribution >= 0.6 is 27.3 Å². The summed E-state index contributed by atoms with van der Waals surface area (Å²) in [6, 6.07) is 11.8. The third-order valence-electron chi connectivity index (χ3n) is 4.13. The zero-order chi connectivity index (χ0) is 16.4. The van der Waals surface area contributed by atoms with Crippen molar-refractivity contribution in [1.29, 1.82) is 0 Å². The maximum atomic E-state index is 12.6. The van der Waals surface area contributed by atoms with Crippen molar-refractivity contribution in [2.45, 2.75) is 17.7 Å². The van der Waals surface area contributed by atoms with Gasteiger partial charge in [0.1, 0.15) is 4.21 Å². The van der Waals surface area contributed by atoms with Crippen molar-refractivity contribution < 1.29 is 8.42 Å². The smallest absolute Gasteiger partial charge is 0.252 e. The van der Waals surface area contributed by atoms with Gasteiger partial charge in [-0.15, -0.1) is 11.3 Å². The third-order valence-corrected chi connectivity index (χ3v) is 8.12. The summed E-state index contributed by atoms with van der Waals surface area (Å²) in [5.41, 5.74) is 2.59. The van der Waals surface area contributed by atoms with E-state index in [0.29, 0.717) is 17.3 Å². The highest BCUT2D eigenvalue weighted by molar-refractivity contribution is 9.11. The third kappa shape index (κ3) is 3.85. The number of hydrogen-bond acceptors (Lipinski definition) is 4. The number of halogens is 1. The van der Waals surface area contributed by atoms with Crippen LogP contribution in [-0.2, 0) is 16.6 Å². The zero-order valence-electron chi connectivity index (χ0n) is 12.9. The molecule has 2 heterocycles. The molecule has 0 saturated carbocycles. The normalized spacial score (nSPS) is 17.5. The Morgan fingerprint density at radius 3 is 2.39 bits per heavy atom. The van der Waals surface area contributed by atoms with Crippen molar-refractivity contribution in [3.63, 3.8) is 0 Å². The molecular formula is C16H19BrN2O2S2. The summed E-state index contributed by atoms with van der Waals surface area (Å²) >= 11 is 4.60. The lowest BCUT2D eigenvalue weighted by Gasteiger charge is -2.33. The van der Waals surface area contributed by atoms with Gasteiger partial charge < -0.3 is 0 Å². The van der Waals surface area contributed by atoms with Crippen LogP contribution in [0, 0.1) is 6.92 Å². The standard InChI is InChI=1S/C16H19BrN2O2S2/c1-13-4-2-3-5-14(13)12-18-8-10-19(11-9-18)23(20,21)16-7-6-15(17)22-16/h2-7H,8-12H2,1H3. The SMILES string of the molecule is Cc1ccccc1CN1CCN(S(=O)(=O)c2ccc(Br)s2)CC1. The average Bonchev–Trinajstić information content (AvgIpc) is 2.98. The first-order chi connectivity index (χ1) is 11.0. The Morgan fingerprint density at radius 2 is 1.78 bits per heavy atom. The summed E-state index contributed by atoms with van der Waals surface area (Å²) in [6.07, 6.45) is 0. The molecular weight excluding hydrogens is 396 g/mol. The molecule has 0 atom stereocenters. The Labute approximate surface area is 149 Å². The average molecular weight is 415 g/mol. The minimum absolute atomic E-state index is 0.414. The molecule has 7 heteroatoms. The van der Waals surface area contributed by atoms with Gasteiger partial charge in [-0.2, -0.15) is 4.31 Å². The summed E-state index contributed by atoms with van der Waals surface area (Å²) < 4.78 is 28.1. The van der Waals surface area contributed by atoms with Gasteiger partial charge in [0, 0.05) is 32.7 Å². The number of nitrogens with zero attached hydrogens (tertiary/aromatic N) is 2. The summed E-state index contributed by atoms with van der Waals surface area (Å²) in [6.45, 7) is 5.61. The van der Waals surface area contributed by atoms with Gasteiger partial charge in [0.2, 0.25) is 0 Å². The molecule has 0 bridgehead atoms. The van der Waals surface area contributed by atoms with E-state index in [9.17, 15) is 8.42 Å². The Kier molecular flexibility index (Phi) is 5.22. The topological polar surface area (TPSA) is 40.6 Å². The number of benzene rings is 1. The molecule has 1 aromatic carbocycles. The van der Waals surface area contributed by atoms with E-state index < -0.39 is 10.0 Å². The van der Waals surface area contributed by atoms with E-state index in [4.69, 9.17) is 0 Å². The first-order valence-electron chi connectivity index (χ1n) is 7.49. The molecule has 1 aromatic heterocycles. The molecule has 124 valence electrons. The molecule has 1 fully saturated rings. The van der Waals surface area contributed by atoms with Crippen LogP contribution in [0.3, 0.4) is 0 Å². The molecule has 4 nitrogen and oxygen atoms in total. The van der Waals surface area contributed by atoms with Gasteiger partial charge in [-0.05, 0) is 46.1 Å². The van der Waals surface area contributed by atoms with Crippen molar-refractivity contribution in [2.24, 2.45) is 0 Å². The Morgan fingerprint density at radius 1 is 1.09 bits per heavy atom. The van der Waals surface area contributed by atoms with Crippen LogP contribution in [0.25, 0.3) is 0 Å². The van der Waals surface area contributed by atoms with Crippen molar-refractivity contribution >= 4 is 37.3 Å². The first kappa shape index (κ1) is 17.1. The fourth-order valence-corrected chi connectivity index (χ4v) is 6.31. The highest BCUT2D eigenvalue weighted by atomic mass is 79.9. The molecule has 3 rings (SSSR count). The second-order valence-electron chi connectivity index (χ2n) is 5.67. The van der Waals surface area contributed by atoms with Crippen LogP contribution in [0.4, 0.5) is 0 Å². The number of rotatable bonds is 4. The number of sulfonamides is 1. The summed E-state index contributed by atoms with van der Waals surface area (Å²) in [5.74, 6) is 0. The van der Waals surface area contributed by atoms with Gasteiger partial charge in [0.05, 0.1) is 3.79 Å². The molecule has 1 aliphatic heterocycles. The summed E-state index contributed by atoms with van der Waals surface area (Å²) in [4.78, 5) is 2.32. The van der Waals surface area contributed by atoms with E-state index in [1.807, 2.05) is 6.07 Å². The highest BCUT2D eigenvalue weighted by Gasteiger charge is 2.29. The van der Waals surface area contributed by atoms with Crippen molar-refractivity contribution in [2.75, 3.05) is 26.2 Å². The van der Waals surface area contributed by atoms with Crippen LogP contribution in [-0.4, -0.2) is 43.8 Å².